The molecule has 0 bridgehead atoms. The maximum atomic E-state index is 12.2. The molecule has 3 nitrogen and oxygen atoms in total. The molecule has 106 valence electrons. The summed E-state index contributed by atoms with van der Waals surface area (Å²) in [5.74, 6) is 0. The molecule has 0 saturated carbocycles. The summed E-state index contributed by atoms with van der Waals surface area (Å²) >= 11 is 0. The first-order valence-corrected chi connectivity index (χ1v) is 7.04. The summed E-state index contributed by atoms with van der Waals surface area (Å²) in [7, 11) is 0. The molecule has 1 aromatic carbocycles. The van der Waals surface area contributed by atoms with E-state index in [0.717, 1.165) is 16.6 Å². The Bertz CT molecular complexity index is 839. The Morgan fingerprint density at radius 1 is 1.05 bits per heavy atom. The topological polar surface area (TPSA) is 45.8 Å². The number of hydrogen-bond donors (Lipinski definition) is 1. The fourth-order valence-electron chi connectivity index (χ4n) is 2.39. The predicted octanol–water partition coefficient (Wildman–Crippen LogP) is 3.89. The highest BCUT2D eigenvalue weighted by Gasteiger charge is 2.14. The van der Waals surface area contributed by atoms with Crippen molar-refractivity contribution in [2.75, 3.05) is 0 Å². The smallest absolute Gasteiger partial charge is 0.256 e. The highest BCUT2D eigenvalue weighted by molar-refractivity contribution is 5.79. The summed E-state index contributed by atoms with van der Waals surface area (Å²) in [6.07, 6.45) is 1.73. The largest absolute Gasteiger partial charge is 0.320 e. The van der Waals surface area contributed by atoms with E-state index in [0.29, 0.717) is 5.56 Å². The molecule has 0 saturated heterocycles. The van der Waals surface area contributed by atoms with Gasteiger partial charge >= 0.3 is 0 Å². The average Bonchev–Trinajstić information content (AvgIpc) is 2.46. The van der Waals surface area contributed by atoms with Gasteiger partial charge in [0.25, 0.3) is 5.56 Å². The van der Waals surface area contributed by atoms with Crippen LogP contribution in [0.1, 0.15) is 26.3 Å². The number of rotatable bonds is 1. The fourth-order valence-corrected chi connectivity index (χ4v) is 2.39. The normalized spacial score (nSPS) is 11.8. The van der Waals surface area contributed by atoms with Crippen LogP contribution in [0.2, 0.25) is 0 Å². The van der Waals surface area contributed by atoms with Crippen LogP contribution in [-0.4, -0.2) is 9.97 Å². The van der Waals surface area contributed by atoms with Gasteiger partial charge < -0.3 is 4.98 Å². The van der Waals surface area contributed by atoms with Crippen LogP contribution in [0.15, 0.2) is 53.5 Å². The monoisotopic (exact) mass is 278 g/mol. The number of hydrogen-bond acceptors (Lipinski definition) is 2. The Morgan fingerprint density at radius 3 is 2.43 bits per heavy atom. The van der Waals surface area contributed by atoms with E-state index in [1.165, 1.54) is 5.56 Å². The third-order valence-electron chi connectivity index (χ3n) is 3.67. The molecule has 3 heteroatoms. The second kappa shape index (κ2) is 4.85. The number of aromatic nitrogens is 2. The molecule has 2 aromatic heterocycles. The maximum absolute atomic E-state index is 12.2. The standard InChI is InChI=1S/C18H18N2O/c1-18(2,3)13-8-6-12(7-9-13)14-11-16-15(20-17(14)21)5-4-10-19-16/h4-11H,1-3H3,(H,20,21). The van der Waals surface area contributed by atoms with Gasteiger partial charge in [0.05, 0.1) is 11.0 Å². The molecule has 0 fully saturated rings. The molecule has 0 spiro atoms. The molecule has 0 atom stereocenters. The molecule has 3 rings (SSSR count). The van der Waals surface area contributed by atoms with Crippen molar-refractivity contribution in [3.63, 3.8) is 0 Å². The van der Waals surface area contributed by atoms with Crippen LogP contribution in [0.4, 0.5) is 0 Å². The minimum absolute atomic E-state index is 0.0843. The third kappa shape index (κ3) is 2.59. The van der Waals surface area contributed by atoms with Crippen molar-refractivity contribution in [2.45, 2.75) is 26.2 Å². The maximum Gasteiger partial charge on any atom is 0.256 e. The number of fused-ring (bicyclic) bond motifs is 1. The zero-order valence-electron chi connectivity index (χ0n) is 12.5. The van der Waals surface area contributed by atoms with Gasteiger partial charge in [-0.3, -0.25) is 9.78 Å². The van der Waals surface area contributed by atoms with Crippen LogP contribution < -0.4 is 5.56 Å². The number of nitrogens with zero attached hydrogens (tertiary/aromatic N) is 1. The molecule has 0 amide bonds. The van der Waals surface area contributed by atoms with E-state index in [1.54, 1.807) is 6.20 Å². The predicted molar refractivity (Wildman–Crippen MR) is 86.5 cm³/mol. The summed E-state index contributed by atoms with van der Waals surface area (Å²) < 4.78 is 0. The van der Waals surface area contributed by atoms with Crippen molar-refractivity contribution in [3.05, 3.63) is 64.6 Å². The molecule has 0 aliphatic rings. The molecule has 0 unspecified atom stereocenters. The summed E-state index contributed by atoms with van der Waals surface area (Å²) in [5.41, 5.74) is 4.40. The van der Waals surface area contributed by atoms with Crippen LogP contribution in [0.25, 0.3) is 22.2 Å². The molecule has 0 radical (unpaired) electrons. The summed E-state index contributed by atoms with van der Waals surface area (Å²) in [5, 5.41) is 0. The second-order valence-electron chi connectivity index (χ2n) is 6.28. The van der Waals surface area contributed by atoms with Gasteiger partial charge in [-0.15, -0.1) is 0 Å². The zero-order chi connectivity index (χ0) is 15.0. The van der Waals surface area contributed by atoms with Gasteiger partial charge in [0.1, 0.15) is 0 Å². The molecule has 2 heterocycles. The Balaban J connectivity index is 2.12. The lowest BCUT2D eigenvalue weighted by Crippen LogP contribution is -2.11. The van der Waals surface area contributed by atoms with E-state index in [4.69, 9.17) is 0 Å². The summed E-state index contributed by atoms with van der Waals surface area (Å²) in [6.45, 7) is 6.53. The summed E-state index contributed by atoms with van der Waals surface area (Å²) in [6, 6.07) is 13.7. The van der Waals surface area contributed by atoms with Crippen molar-refractivity contribution < 1.29 is 0 Å². The molecule has 0 aliphatic carbocycles. The van der Waals surface area contributed by atoms with Crippen molar-refractivity contribution in [1.82, 2.24) is 9.97 Å². The Labute approximate surface area is 123 Å². The molecular formula is C18H18N2O. The van der Waals surface area contributed by atoms with E-state index in [9.17, 15) is 4.79 Å². The number of aromatic amines is 1. The van der Waals surface area contributed by atoms with Crippen LogP contribution in [0.5, 0.6) is 0 Å². The van der Waals surface area contributed by atoms with Crippen molar-refractivity contribution >= 4 is 11.0 Å². The lowest BCUT2D eigenvalue weighted by molar-refractivity contribution is 0.590. The first kappa shape index (κ1) is 13.6. The minimum Gasteiger partial charge on any atom is -0.320 e. The van der Waals surface area contributed by atoms with E-state index < -0.39 is 0 Å². The van der Waals surface area contributed by atoms with Crippen molar-refractivity contribution in [2.24, 2.45) is 0 Å². The van der Waals surface area contributed by atoms with Gasteiger partial charge in [-0.05, 0) is 34.7 Å². The molecular weight excluding hydrogens is 260 g/mol. The quantitative estimate of drug-likeness (QED) is 0.734. The van der Waals surface area contributed by atoms with Gasteiger partial charge in [-0.1, -0.05) is 45.0 Å². The van der Waals surface area contributed by atoms with Gasteiger partial charge in [-0.25, -0.2) is 0 Å². The summed E-state index contributed by atoms with van der Waals surface area (Å²) in [4.78, 5) is 19.4. The highest BCUT2D eigenvalue weighted by atomic mass is 16.1. The van der Waals surface area contributed by atoms with Crippen LogP contribution in [0, 0.1) is 0 Å². The lowest BCUT2D eigenvalue weighted by atomic mass is 9.86. The third-order valence-corrected chi connectivity index (χ3v) is 3.67. The number of nitrogens with one attached hydrogen (secondary N) is 1. The van der Waals surface area contributed by atoms with E-state index in [2.05, 4.69) is 42.9 Å². The zero-order valence-corrected chi connectivity index (χ0v) is 12.5. The lowest BCUT2D eigenvalue weighted by Gasteiger charge is -2.19. The van der Waals surface area contributed by atoms with Crippen LogP contribution in [0.3, 0.4) is 0 Å². The van der Waals surface area contributed by atoms with E-state index in [1.807, 2.05) is 30.3 Å². The molecule has 3 aromatic rings. The number of pyridine rings is 2. The van der Waals surface area contributed by atoms with Crippen molar-refractivity contribution in [3.8, 4) is 11.1 Å². The van der Waals surface area contributed by atoms with E-state index in [-0.39, 0.29) is 11.0 Å². The van der Waals surface area contributed by atoms with Crippen LogP contribution in [-0.2, 0) is 5.41 Å². The first-order valence-electron chi connectivity index (χ1n) is 7.04. The van der Waals surface area contributed by atoms with Gasteiger partial charge in [-0.2, -0.15) is 0 Å². The number of H-pyrrole nitrogens is 1. The minimum atomic E-state index is -0.0843. The Morgan fingerprint density at radius 2 is 1.76 bits per heavy atom. The SMILES string of the molecule is CC(C)(C)c1ccc(-c2cc3ncccc3[nH]c2=O)cc1. The first-order chi connectivity index (χ1) is 9.95. The Hall–Kier alpha value is -2.42. The second-order valence-corrected chi connectivity index (χ2v) is 6.28. The average molecular weight is 278 g/mol. The fraction of sp³-hybridized carbons (Fsp3) is 0.222. The molecule has 1 N–H and O–H groups in total. The van der Waals surface area contributed by atoms with E-state index >= 15 is 0 Å². The van der Waals surface area contributed by atoms with Crippen LogP contribution >= 0.6 is 0 Å². The van der Waals surface area contributed by atoms with Gasteiger partial charge in [0, 0.05) is 11.8 Å². The van der Waals surface area contributed by atoms with Gasteiger partial charge in [0.2, 0.25) is 0 Å². The van der Waals surface area contributed by atoms with Gasteiger partial charge in [0.15, 0.2) is 0 Å². The highest BCUT2D eigenvalue weighted by Crippen LogP contribution is 2.25. The number of benzene rings is 1. The van der Waals surface area contributed by atoms with Crippen molar-refractivity contribution in [1.29, 1.82) is 0 Å². The molecule has 21 heavy (non-hydrogen) atoms. The molecule has 0 aliphatic heterocycles. The Kier molecular flexibility index (Phi) is 3.13.